The van der Waals surface area contributed by atoms with Gasteiger partial charge in [0, 0.05) is 6.54 Å². The van der Waals surface area contributed by atoms with Crippen LogP contribution in [0.4, 0.5) is 0 Å². The third kappa shape index (κ3) is 3.88. The second-order valence-corrected chi connectivity index (χ2v) is 6.17. The molecule has 0 radical (unpaired) electrons. The first-order valence-electron chi connectivity index (χ1n) is 8.81. The lowest BCUT2D eigenvalue weighted by Crippen LogP contribution is -2.46. The monoisotopic (exact) mass is 387 g/mol. The third-order valence-corrected chi connectivity index (χ3v) is 4.84. The van der Waals surface area contributed by atoms with E-state index in [0.717, 1.165) is 0 Å². The number of hydrogen-bond acceptors (Lipinski definition) is 5. The van der Waals surface area contributed by atoms with Gasteiger partial charge in [-0.2, -0.15) is 0 Å². The molecule has 2 aromatic carbocycles. The molecule has 1 amide bonds. The lowest BCUT2D eigenvalue weighted by atomic mass is 9.78. The molecule has 0 saturated carbocycles. The molecule has 0 fully saturated rings. The van der Waals surface area contributed by atoms with Gasteiger partial charge in [-0.05, 0) is 24.1 Å². The highest BCUT2D eigenvalue weighted by molar-refractivity contribution is 5.98. The zero-order chi connectivity index (χ0) is 20.7. The van der Waals surface area contributed by atoms with E-state index in [-0.39, 0.29) is 17.9 Å². The molecule has 2 N–H and O–H groups in total. The fraction of sp³-hybridized carbons (Fsp3) is 0.333. The Morgan fingerprint density at radius 1 is 0.964 bits per heavy atom. The summed E-state index contributed by atoms with van der Waals surface area (Å²) in [7, 11) is 4.36. The van der Waals surface area contributed by atoms with Crippen LogP contribution in [0.3, 0.4) is 0 Å². The molecule has 7 heteroatoms. The quantitative estimate of drug-likeness (QED) is 0.687. The molecular weight excluding hydrogens is 362 g/mol. The topological polar surface area (TPSA) is 94.1 Å². The maximum absolute atomic E-state index is 12.8. The van der Waals surface area contributed by atoms with Crippen LogP contribution >= 0.6 is 0 Å². The van der Waals surface area contributed by atoms with Gasteiger partial charge in [0.15, 0.2) is 11.5 Å². The SMILES string of the molecule is CCC(CNC(=O)c1ccc(OC)c(OC)c1OC)(C(=O)O)c1ccccc1. The number of methoxy groups -OCH3 is 3. The zero-order valence-electron chi connectivity index (χ0n) is 16.4. The Balaban J connectivity index is 2.35. The highest BCUT2D eigenvalue weighted by atomic mass is 16.5. The molecule has 0 spiro atoms. The number of benzene rings is 2. The molecule has 28 heavy (non-hydrogen) atoms. The normalized spacial score (nSPS) is 12.6. The predicted octanol–water partition coefficient (Wildman–Crippen LogP) is 2.87. The molecule has 7 nitrogen and oxygen atoms in total. The van der Waals surface area contributed by atoms with Crippen molar-refractivity contribution < 1.29 is 28.9 Å². The smallest absolute Gasteiger partial charge is 0.315 e. The van der Waals surface area contributed by atoms with Crippen molar-refractivity contribution in [2.45, 2.75) is 18.8 Å². The second-order valence-electron chi connectivity index (χ2n) is 6.17. The van der Waals surface area contributed by atoms with Crippen LogP contribution in [0.2, 0.25) is 0 Å². The van der Waals surface area contributed by atoms with E-state index < -0.39 is 17.3 Å². The summed E-state index contributed by atoms with van der Waals surface area (Å²) in [5.41, 5.74) is -0.381. The lowest BCUT2D eigenvalue weighted by molar-refractivity contribution is -0.143. The van der Waals surface area contributed by atoms with Gasteiger partial charge in [-0.25, -0.2) is 0 Å². The number of amides is 1. The lowest BCUT2D eigenvalue weighted by Gasteiger charge is -2.29. The van der Waals surface area contributed by atoms with Gasteiger partial charge in [-0.1, -0.05) is 37.3 Å². The minimum Gasteiger partial charge on any atom is -0.493 e. The Kier molecular flexibility index (Phi) is 6.87. The number of carbonyl (C=O) groups excluding carboxylic acids is 1. The summed E-state index contributed by atoms with van der Waals surface area (Å²) in [6.45, 7) is 1.71. The van der Waals surface area contributed by atoms with Crippen LogP contribution in [0.5, 0.6) is 17.2 Å². The minimum absolute atomic E-state index is 0.0703. The average molecular weight is 387 g/mol. The van der Waals surface area contributed by atoms with Gasteiger partial charge in [0.25, 0.3) is 5.91 Å². The molecule has 0 saturated heterocycles. The van der Waals surface area contributed by atoms with E-state index in [4.69, 9.17) is 14.2 Å². The van der Waals surface area contributed by atoms with Crippen molar-refractivity contribution in [1.82, 2.24) is 5.32 Å². The van der Waals surface area contributed by atoms with Crippen LogP contribution in [0.15, 0.2) is 42.5 Å². The van der Waals surface area contributed by atoms with Crippen molar-refractivity contribution in [2.24, 2.45) is 0 Å². The molecule has 0 aliphatic heterocycles. The van der Waals surface area contributed by atoms with E-state index in [2.05, 4.69) is 5.32 Å². The van der Waals surface area contributed by atoms with Gasteiger partial charge >= 0.3 is 5.97 Å². The van der Waals surface area contributed by atoms with Gasteiger partial charge in [-0.3, -0.25) is 9.59 Å². The average Bonchev–Trinajstić information content (AvgIpc) is 2.73. The molecule has 1 unspecified atom stereocenters. The van der Waals surface area contributed by atoms with Crippen molar-refractivity contribution in [1.29, 1.82) is 0 Å². The number of rotatable bonds is 9. The molecule has 2 aromatic rings. The number of hydrogen-bond donors (Lipinski definition) is 2. The summed E-state index contributed by atoms with van der Waals surface area (Å²) >= 11 is 0. The number of carbonyl (C=O) groups is 2. The summed E-state index contributed by atoms with van der Waals surface area (Å²) < 4.78 is 15.9. The van der Waals surface area contributed by atoms with E-state index >= 15 is 0 Å². The van der Waals surface area contributed by atoms with Crippen LogP contribution in [-0.4, -0.2) is 44.9 Å². The molecule has 1 atom stereocenters. The number of carboxylic acids is 1. The second kappa shape index (κ2) is 9.12. The molecular formula is C21H25NO6. The Labute approximate surface area is 164 Å². The van der Waals surface area contributed by atoms with Gasteiger partial charge < -0.3 is 24.6 Å². The molecule has 0 aliphatic rings. The summed E-state index contributed by atoms with van der Waals surface area (Å²) in [5, 5.41) is 12.6. The summed E-state index contributed by atoms with van der Waals surface area (Å²) in [4.78, 5) is 24.9. The first-order chi connectivity index (χ1) is 13.4. The Hall–Kier alpha value is -3.22. The minimum atomic E-state index is -1.24. The van der Waals surface area contributed by atoms with Crippen LogP contribution < -0.4 is 19.5 Å². The van der Waals surface area contributed by atoms with E-state index in [9.17, 15) is 14.7 Å². The van der Waals surface area contributed by atoms with Crippen molar-refractivity contribution >= 4 is 11.9 Å². The fourth-order valence-electron chi connectivity index (χ4n) is 3.15. The van der Waals surface area contributed by atoms with E-state index in [1.54, 1.807) is 43.3 Å². The molecule has 2 rings (SSSR count). The first-order valence-corrected chi connectivity index (χ1v) is 8.81. The third-order valence-electron chi connectivity index (χ3n) is 4.84. The van der Waals surface area contributed by atoms with E-state index in [0.29, 0.717) is 23.5 Å². The van der Waals surface area contributed by atoms with E-state index in [1.165, 1.54) is 21.3 Å². The van der Waals surface area contributed by atoms with Gasteiger partial charge in [0.2, 0.25) is 5.75 Å². The summed E-state index contributed by atoms with van der Waals surface area (Å²) in [5.74, 6) is -0.528. The van der Waals surface area contributed by atoms with E-state index in [1.807, 2.05) is 6.07 Å². The van der Waals surface area contributed by atoms with Crippen molar-refractivity contribution in [3.63, 3.8) is 0 Å². The first kappa shape index (κ1) is 21.1. The Morgan fingerprint density at radius 2 is 1.61 bits per heavy atom. The number of ether oxygens (including phenoxy) is 3. The maximum Gasteiger partial charge on any atom is 0.315 e. The standard InChI is InChI=1S/C21H25NO6/c1-5-21(20(24)25,14-9-7-6-8-10-14)13-22-19(23)15-11-12-16(26-2)18(28-4)17(15)27-3/h6-12H,5,13H2,1-4H3,(H,22,23)(H,24,25). The molecule has 0 aliphatic carbocycles. The van der Waals surface area contributed by atoms with Crippen LogP contribution in [0.1, 0.15) is 29.3 Å². The highest BCUT2D eigenvalue weighted by Crippen LogP contribution is 2.39. The number of nitrogens with one attached hydrogen (secondary N) is 1. The molecule has 0 aromatic heterocycles. The Bertz CT molecular complexity index is 836. The number of carboxylic acid groups (broad SMARTS) is 1. The predicted molar refractivity (Wildman–Crippen MR) is 104 cm³/mol. The summed E-state index contributed by atoms with van der Waals surface area (Å²) in [6, 6.07) is 12.0. The number of aliphatic carboxylic acids is 1. The van der Waals surface area contributed by atoms with Crippen molar-refractivity contribution in [3.05, 3.63) is 53.6 Å². The van der Waals surface area contributed by atoms with Crippen LogP contribution in [0, 0.1) is 0 Å². The fourth-order valence-corrected chi connectivity index (χ4v) is 3.15. The molecule has 150 valence electrons. The largest absolute Gasteiger partial charge is 0.493 e. The van der Waals surface area contributed by atoms with Gasteiger partial charge in [0.1, 0.15) is 5.41 Å². The maximum atomic E-state index is 12.8. The summed E-state index contributed by atoms with van der Waals surface area (Å²) in [6.07, 6.45) is 0.315. The molecule has 0 heterocycles. The van der Waals surface area contributed by atoms with Crippen LogP contribution in [-0.2, 0) is 10.2 Å². The van der Waals surface area contributed by atoms with Crippen molar-refractivity contribution in [2.75, 3.05) is 27.9 Å². The zero-order valence-corrected chi connectivity index (χ0v) is 16.4. The van der Waals surface area contributed by atoms with Gasteiger partial charge in [0.05, 0.1) is 26.9 Å². The van der Waals surface area contributed by atoms with Crippen molar-refractivity contribution in [3.8, 4) is 17.2 Å². The van der Waals surface area contributed by atoms with Crippen LogP contribution in [0.25, 0.3) is 0 Å². The van der Waals surface area contributed by atoms with Gasteiger partial charge in [-0.15, -0.1) is 0 Å². The highest BCUT2D eigenvalue weighted by Gasteiger charge is 2.39. The Morgan fingerprint density at radius 3 is 2.11 bits per heavy atom. The molecule has 0 bridgehead atoms.